The van der Waals surface area contributed by atoms with Crippen molar-refractivity contribution in [3.8, 4) is 11.5 Å². The number of hydrogen-bond acceptors (Lipinski definition) is 6. The number of benzene rings is 2. The minimum Gasteiger partial charge on any atom is -0.483 e. The number of esters is 1. The molecule has 238 valence electrons. The van der Waals surface area contributed by atoms with Gasteiger partial charge in [0, 0.05) is 37.7 Å². The van der Waals surface area contributed by atoms with Crippen molar-refractivity contribution in [3.63, 3.8) is 0 Å². The van der Waals surface area contributed by atoms with E-state index < -0.39 is 11.0 Å². The highest BCUT2D eigenvalue weighted by atomic mass is 16.6. The molecule has 3 aliphatic carbocycles. The van der Waals surface area contributed by atoms with Gasteiger partial charge in [0.05, 0.1) is 11.0 Å². The summed E-state index contributed by atoms with van der Waals surface area (Å²) in [6.45, 7) is 10.3. The van der Waals surface area contributed by atoms with Crippen LogP contribution in [0.15, 0.2) is 42.5 Å². The number of hydrogen-bond donors (Lipinski definition) is 1. The molecule has 5 aliphatic rings. The number of aliphatic hydroxyl groups is 1. The number of unbranched alkanes of at least 4 members (excludes halogenated alkanes) is 3. The molecule has 2 aromatic rings. The first-order valence-electron chi connectivity index (χ1n) is 17.6. The topological polar surface area (TPSA) is 62.2 Å². The molecule has 6 heteroatoms. The van der Waals surface area contributed by atoms with Crippen molar-refractivity contribution in [1.29, 1.82) is 0 Å². The zero-order valence-electron chi connectivity index (χ0n) is 27.1. The predicted octanol–water partition coefficient (Wildman–Crippen LogP) is 6.31. The number of carbonyl (C=O) groups is 1. The van der Waals surface area contributed by atoms with Gasteiger partial charge in [-0.3, -0.25) is 14.6 Å². The lowest BCUT2D eigenvalue weighted by molar-refractivity contribution is -0.201. The van der Waals surface area contributed by atoms with E-state index in [1.807, 2.05) is 6.07 Å². The largest absolute Gasteiger partial charge is 0.483 e. The summed E-state index contributed by atoms with van der Waals surface area (Å²) in [6, 6.07) is 15.3. The summed E-state index contributed by atoms with van der Waals surface area (Å²) in [7, 11) is 0. The maximum Gasteiger partial charge on any atom is 0.308 e. The van der Waals surface area contributed by atoms with E-state index in [1.165, 1.54) is 56.6 Å². The summed E-state index contributed by atoms with van der Waals surface area (Å²) in [6.07, 6.45) is 12.0. The fourth-order valence-electron chi connectivity index (χ4n) is 9.56. The van der Waals surface area contributed by atoms with Crippen molar-refractivity contribution in [2.75, 3.05) is 26.2 Å². The van der Waals surface area contributed by atoms with Crippen LogP contribution in [0.3, 0.4) is 0 Å². The van der Waals surface area contributed by atoms with Gasteiger partial charge in [0.2, 0.25) is 0 Å². The van der Waals surface area contributed by atoms with Crippen LogP contribution in [0.25, 0.3) is 0 Å². The highest BCUT2D eigenvalue weighted by Gasteiger charge is 2.73. The molecule has 3 fully saturated rings. The number of piperidine rings is 1. The summed E-state index contributed by atoms with van der Waals surface area (Å²) in [4.78, 5) is 17.5. The third-order valence-electron chi connectivity index (χ3n) is 11.5. The molecule has 1 spiro atoms. The third-order valence-corrected chi connectivity index (χ3v) is 11.5. The van der Waals surface area contributed by atoms with E-state index in [0.29, 0.717) is 11.7 Å². The van der Waals surface area contributed by atoms with Gasteiger partial charge in [-0.1, -0.05) is 63.1 Å². The molecule has 0 amide bonds. The number of rotatable bonds is 13. The first-order chi connectivity index (χ1) is 21.3. The van der Waals surface area contributed by atoms with Gasteiger partial charge in [-0.15, -0.1) is 0 Å². The molecule has 1 saturated heterocycles. The van der Waals surface area contributed by atoms with Gasteiger partial charge in [-0.05, 0) is 99.9 Å². The standard InChI is InChI=1S/C38H52N2O4/c1-26(2)24-39(21-10-5-4-7-11-28-12-8-6-9-13-28)31-18-19-38(42)33-23-30-16-17-32(43-27(3)41)35-34(30)37(38,36(31)44-35)20-22-40(33)25-29-14-15-29/h6,8-9,12-13,16-17,26,29,31,33,36,42H,4-5,7,10-11,14-15,18-25H2,1-3H3/t31?,33-,36?,37+,38-/m1/s1. The smallest absolute Gasteiger partial charge is 0.308 e. The highest BCUT2D eigenvalue weighted by Crippen LogP contribution is 2.66. The molecule has 2 unspecified atom stereocenters. The van der Waals surface area contributed by atoms with Crippen LogP contribution in [0, 0.1) is 11.8 Å². The zero-order chi connectivity index (χ0) is 30.5. The molecular weight excluding hydrogens is 548 g/mol. The molecule has 6 nitrogen and oxygen atoms in total. The lowest BCUT2D eigenvalue weighted by Crippen LogP contribution is -2.78. The van der Waals surface area contributed by atoms with Crippen molar-refractivity contribution >= 4 is 5.97 Å². The molecule has 0 aromatic heterocycles. The quantitative estimate of drug-likeness (QED) is 0.165. The van der Waals surface area contributed by atoms with Gasteiger partial charge in [0.15, 0.2) is 11.5 Å². The molecule has 44 heavy (non-hydrogen) atoms. The lowest BCUT2D eigenvalue weighted by atomic mass is 9.48. The minimum atomic E-state index is -0.838. The van der Waals surface area contributed by atoms with Crippen molar-refractivity contribution in [2.24, 2.45) is 11.8 Å². The molecule has 0 radical (unpaired) electrons. The maximum absolute atomic E-state index is 13.0. The second kappa shape index (κ2) is 12.1. The zero-order valence-corrected chi connectivity index (χ0v) is 27.1. The van der Waals surface area contributed by atoms with Crippen LogP contribution in [0.5, 0.6) is 11.5 Å². The Balaban J connectivity index is 1.15. The van der Waals surface area contributed by atoms with E-state index in [9.17, 15) is 9.90 Å². The van der Waals surface area contributed by atoms with Gasteiger partial charge >= 0.3 is 5.97 Å². The first kappa shape index (κ1) is 30.3. The summed E-state index contributed by atoms with van der Waals surface area (Å²) >= 11 is 0. The fourth-order valence-corrected chi connectivity index (χ4v) is 9.56. The van der Waals surface area contributed by atoms with Crippen LogP contribution in [-0.4, -0.2) is 70.8 Å². The Bertz CT molecular complexity index is 1340. The number of nitrogens with zero attached hydrogens (tertiary/aromatic N) is 2. The van der Waals surface area contributed by atoms with E-state index in [1.54, 1.807) is 0 Å². The number of carbonyl (C=O) groups excluding carboxylic acids is 1. The van der Waals surface area contributed by atoms with E-state index in [4.69, 9.17) is 9.47 Å². The SMILES string of the molecule is CC(=O)Oc1ccc2c3c1OC1C(N(CCCCCCc4ccccc4)CC(C)C)CC[C@@]4(O)[C@@H](C2)N(CC2CC2)CC[C@]314. The molecule has 2 bridgehead atoms. The average Bonchev–Trinajstić information content (AvgIpc) is 3.74. The summed E-state index contributed by atoms with van der Waals surface area (Å²) in [5.74, 6) is 2.26. The van der Waals surface area contributed by atoms with Crippen LogP contribution < -0.4 is 9.47 Å². The van der Waals surface area contributed by atoms with E-state index >= 15 is 0 Å². The van der Waals surface area contributed by atoms with E-state index in [-0.39, 0.29) is 24.2 Å². The molecule has 2 aromatic carbocycles. The van der Waals surface area contributed by atoms with Crippen molar-refractivity contribution in [3.05, 3.63) is 59.2 Å². The second-order valence-electron chi connectivity index (χ2n) is 15.0. The predicted molar refractivity (Wildman–Crippen MR) is 173 cm³/mol. The summed E-state index contributed by atoms with van der Waals surface area (Å²) in [5.41, 5.74) is 2.56. The van der Waals surface area contributed by atoms with E-state index in [0.717, 1.165) is 75.5 Å². The number of ether oxygens (including phenoxy) is 2. The van der Waals surface area contributed by atoms with Crippen molar-refractivity contribution in [1.82, 2.24) is 9.80 Å². The van der Waals surface area contributed by atoms with Crippen LogP contribution >= 0.6 is 0 Å². The Hall–Kier alpha value is -2.41. The maximum atomic E-state index is 13.0. The van der Waals surface area contributed by atoms with Gasteiger partial charge in [-0.2, -0.15) is 0 Å². The Morgan fingerprint density at radius 1 is 1.07 bits per heavy atom. The molecule has 1 N–H and O–H groups in total. The second-order valence-corrected chi connectivity index (χ2v) is 15.0. The molecular formula is C38H52N2O4. The Morgan fingerprint density at radius 3 is 2.61 bits per heavy atom. The number of likely N-dealkylation sites (tertiary alicyclic amines) is 1. The Kier molecular flexibility index (Phi) is 8.30. The van der Waals surface area contributed by atoms with Crippen molar-refractivity contribution in [2.45, 2.75) is 121 Å². The lowest BCUT2D eigenvalue weighted by Gasteiger charge is -2.65. The normalized spacial score (nSPS) is 30.4. The molecule has 7 rings (SSSR count). The van der Waals surface area contributed by atoms with Gasteiger partial charge < -0.3 is 14.6 Å². The minimum absolute atomic E-state index is 0.116. The fraction of sp³-hybridized carbons (Fsp3) is 0.658. The summed E-state index contributed by atoms with van der Waals surface area (Å²) < 4.78 is 12.8. The monoisotopic (exact) mass is 600 g/mol. The van der Waals surface area contributed by atoms with Crippen LogP contribution in [-0.2, 0) is 23.1 Å². The van der Waals surface area contributed by atoms with Crippen LogP contribution in [0.4, 0.5) is 0 Å². The summed E-state index contributed by atoms with van der Waals surface area (Å²) in [5, 5.41) is 13.0. The molecule has 2 saturated carbocycles. The van der Waals surface area contributed by atoms with Gasteiger partial charge in [0.1, 0.15) is 6.10 Å². The molecule has 5 atom stereocenters. The van der Waals surface area contributed by atoms with Crippen LogP contribution in [0.1, 0.15) is 95.2 Å². The first-order valence-corrected chi connectivity index (χ1v) is 17.6. The Morgan fingerprint density at radius 2 is 1.86 bits per heavy atom. The van der Waals surface area contributed by atoms with Crippen molar-refractivity contribution < 1.29 is 19.4 Å². The number of aryl methyl sites for hydroxylation is 1. The third kappa shape index (κ3) is 5.29. The highest BCUT2D eigenvalue weighted by molar-refractivity contribution is 5.72. The van der Waals surface area contributed by atoms with Gasteiger partial charge in [-0.25, -0.2) is 0 Å². The average molecular weight is 601 g/mol. The molecule has 2 aliphatic heterocycles. The molecule has 2 heterocycles. The van der Waals surface area contributed by atoms with Gasteiger partial charge in [0.25, 0.3) is 0 Å². The Labute approximate surface area is 264 Å². The van der Waals surface area contributed by atoms with Crippen LogP contribution in [0.2, 0.25) is 0 Å². The van der Waals surface area contributed by atoms with E-state index in [2.05, 4.69) is 60.0 Å².